The van der Waals surface area contributed by atoms with Gasteiger partial charge in [-0.1, -0.05) is 0 Å². The van der Waals surface area contributed by atoms with E-state index in [0.717, 1.165) is 13.1 Å². The van der Waals surface area contributed by atoms with E-state index in [1.165, 1.54) is 7.11 Å². The Kier molecular flexibility index (Phi) is 0.629. The van der Waals surface area contributed by atoms with Crippen molar-refractivity contribution in [1.82, 2.24) is 0 Å². The molecule has 0 aromatic heterocycles. The summed E-state index contributed by atoms with van der Waals surface area (Å²) in [5.74, 6) is 0. The number of hydroxylamine groups is 4. The molecule has 1 fully saturated rings. The van der Waals surface area contributed by atoms with E-state index < -0.39 is 0 Å². The molecule has 0 aromatic rings. The van der Waals surface area contributed by atoms with E-state index in [2.05, 4.69) is 4.84 Å². The van der Waals surface area contributed by atoms with Crippen molar-refractivity contribution in [1.29, 1.82) is 0 Å². The molecular weight excluding hydrogens is 82.0 g/mol. The van der Waals surface area contributed by atoms with Crippen LogP contribution < -0.4 is 0 Å². The SMILES string of the molecule is CO[N+]1(O)CC1. The highest BCUT2D eigenvalue weighted by molar-refractivity contribution is 4.34. The summed E-state index contributed by atoms with van der Waals surface area (Å²) in [6.07, 6.45) is 0. The molecule has 36 valence electrons. The Bertz CT molecular complexity index is 59.8. The summed E-state index contributed by atoms with van der Waals surface area (Å²) >= 11 is 0. The van der Waals surface area contributed by atoms with Crippen molar-refractivity contribution in [2.75, 3.05) is 20.2 Å². The van der Waals surface area contributed by atoms with Crippen LogP contribution in [0.15, 0.2) is 0 Å². The lowest BCUT2D eigenvalue weighted by molar-refractivity contribution is -1.16. The molecule has 0 aliphatic carbocycles. The maximum absolute atomic E-state index is 8.65. The second-order valence-electron chi connectivity index (χ2n) is 1.48. The van der Waals surface area contributed by atoms with Crippen molar-refractivity contribution < 1.29 is 14.9 Å². The first-order chi connectivity index (χ1) is 2.77. The van der Waals surface area contributed by atoms with Gasteiger partial charge in [0.15, 0.2) is 13.1 Å². The molecule has 1 aliphatic rings. The summed E-state index contributed by atoms with van der Waals surface area (Å²) in [5.41, 5.74) is 0. The molecule has 0 amide bonds. The first-order valence-corrected chi connectivity index (χ1v) is 1.92. The number of quaternary nitrogens is 1. The minimum Gasteiger partial charge on any atom is -0.182 e. The van der Waals surface area contributed by atoms with Crippen LogP contribution in [-0.2, 0) is 4.84 Å². The average Bonchev–Trinajstić information content (AvgIpc) is 2.22. The predicted octanol–water partition coefficient (Wildman–Crippen LogP) is -0.233. The maximum atomic E-state index is 8.65. The fourth-order valence-corrected chi connectivity index (χ4v) is 0.268. The molecule has 1 heterocycles. The Hall–Kier alpha value is -0.120. The summed E-state index contributed by atoms with van der Waals surface area (Å²) in [6, 6.07) is 0. The van der Waals surface area contributed by atoms with Crippen LogP contribution in [0.3, 0.4) is 0 Å². The van der Waals surface area contributed by atoms with Crippen LogP contribution in [0.2, 0.25) is 0 Å². The first kappa shape index (κ1) is 4.05. The zero-order chi connectivity index (χ0) is 4.62. The highest BCUT2D eigenvalue weighted by Gasteiger charge is 2.43. The lowest BCUT2D eigenvalue weighted by atomic mass is 11.0. The zero-order valence-corrected chi connectivity index (χ0v) is 3.72. The Labute approximate surface area is 36.2 Å². The molecule has 0 aromatic carbocycles. The molecule has 0 radical (unpaired) electrons. The summed E-state index contributed by atoms with van der Waals surface area (Å²) in [6.45, 7) is 1.49. The molecule has 6 heavy (non-hydrogen) atoms. The fourth-order valence-electron chi connectivity index (χ4n) is 0.268. The molecule has 1 saturated heterocycles. The molecule has 1 rings (SSSR count). The molecule has 1 N–H and O–H groups in total. The topological polar surface area (TPSA) is 29.5 Å². The van der Waals surface area contributed by atoms with Crippen LogP contribution >= 0.6 is 0 Å². The van der Waals surface area contributed by atoms with Gasteiger partial charge < -0.3 is 0 Å². The number of nitrogens with zero attached hydrogens (tertiary/aromatic N) is 1. The van der Waals surface area contributed by atoms with Gasteiger partial charge in [-0.05, 0) is 4.81 Å². The third kappa shape index (κ3) is 0.518. The van der Waals surface area contributed by atoms with E-state index in [0.29, 0.717) is 0 Å². The Morgan fingerprint density at radius 1 is 1.67 bits per heavy atom. The molecule has 0 saturated carbocycles. The monoisotopic (exact) mass is 90.1 g/mol. The van der Waals surface area contributed by atoms with E-state index in [4.69, 9.17) is 5.21 Å². The van der Waals surface area contributed by atoms with E-state index >= 15 is 0 Å². The minimum absolute atomic E-state index is 0.181. The van der Waals surface area contributed by atoms with E-state index in [-0.39, 0.29) is 4.81 Å². The Balaban J connectivity index is 2.28. The lowest BCUT2D eigenvalue weighted by Gasteiger charge is -1.98. The smallest absolute Gasteiger partial charge is 0.182 e. The lowest BCUT2D eigenvalue weighted by Crippen LogP contribution is -2.17. The Morgan fingerprint density at radius 2 is 2.17 bits per heavy atom. The van der Waals surface area contributed by atoms with Crippen molar-refractivity contribution in [2.24, 2.45) is 0 Å². The molecular formula is C3H8NO2+. The van der Waals surface area contributed by atoms with Gasteiger partial charge >= 0.3 is 0 Å². The van der Waals surface area contributed by atoms with E-state index in [1.807, 2.05) is 0 Å². The summed E-state index contributed by atoms with van der Waals surface area (Å²) in [7, 11) is 1.49. The van der Waals surface area contributed by atoms with Gasteiger partial charge in [-0.15, -0.1) is 0 Å². The second kappa shape index (κ2) is 0.932. The van der Waals surface area contributed by atoms with Crippen molar-refractivity contribution in [3.05, 3.63) is 0 Å². The molecule has 0 unspecified atom stereocenters. The van der Waals surface area contributed by atoms with Crippen LogP contribution in [0.4, 0.5) is 0 Å². The normalized spacial score (nSPS) is 27.0. The Morgan fingerprint density at radius 3 is 2.17 bits per heavy atom. The molecule has 0 spiro atoms. The molecule has 0 atom stereocenters. The third-order valence-corrected chi connectivity index (χ3v) is 0.946. The van der Waals surface area contributed by atoms with Gasteiger partial charge in [0.1, 0.15) is 0 Å². The standard InChI is InChI=1S/C3H8NO2/c1-6-4(5)2-3-4/h5H,2-3H2,1H3/q+1. The van der Waals surface area contributed by atoms with Crippen molar-refractivity contribution >= 4 is 0 Å². The highest BCUT2D eigenvalue weighted by atomic mass is 16.9. The first-order valence-electron chi connectivity index (χ1n) is 1.92. The summed E-state index contributed by atoms with van der Waals surface area (Å²) in [5, 5.41) is 8.65. The van der Waals surface area contributed by atoms with Crippen LogP contribution in [0.5, 0.6) is 0 Å². The van der Waals surface area contributed by atoms with Crippen LogP contribution in [0, 0.1) is 0 Å². The van der Waals surface area contributed by atoms with Gasteiger partial charge in [0.25, 0.3) is 0 Å². The van der Waals surface area contributed by atoms with Gasteiger partial charge in [0.2, 0.25) is 0 Å². The van der Waals surface area contributed by atoms with Crippen molar-refractivity contribution in [3.8, 4) is 0 Å². The van der Waals surface area contributed by atoms with Crippen LogP contribution in [0.25, 0.3) is 0 Å². The number of hydrogen-bond donors (Lipinski definition) is 1. The minimum atomic E-state index is -0.181. The number of rotatable bonds is 1. The van der Waals surface area contributed by atoms with Gasteiger partial charge in [-0.2, -0.15) is 10.0 Å². The quantitative estimate of drug-likeness (QED) is 0.356. The van der Waals surface area contributed by atoms with Gasteiger partial charge in [-0.3, -0.25) is 0 Å². The largest absolute Gasteiger partial charge is 0.197 e. The molecule has 0 bridgehead atoms. The van der Waals surface area contributed by atoms with Crippen molar-refractivity contribution in [3.63, 3.8) is 0 Å². The van der Waals surface area contributed by atoms with Gasteiger partial charge in [0, 0.05) is 0 Å². The zero-order valence-electron chi connectivity index (χ0n) is 3.72. The highest BCUT2D eigenvalue weighted by Crippen LogP contribution is 2.14. The summed E-state index contributed by atoms with van der Waals surface area (Å²) in [4.78, 5) is 4.36. The third-order valence-electron chi connectivity index (χ3n) is 0.946. The molecule has 3 nitrogen and oxygen atoms in total. The maximum Gasteiger partial charge on any atom is 0.197 e. The molecule has 1 aliphatic heterocycles. The van der Waals surface area contributed by atoms with Crippen LogP contribution in [-0.4, -0.2) is 30.2 Å². The molecule has 3 heteroatoms. The van der Waals surface area contributed by atoms with E-state index in [9.17, 15) is 0 Å². The van der Waals surface area contributed by atoms with E-state index in [1.54, 1.807) is 0 Å². The van der Waals surface area contributed by atoms with Crippen molar-refractivity contribution in [2.45, 2.75) is 0 Å². The van der Waals surface area contributed by atoms with Gasteiger partial charge in [-0.25, -0.2) is 0 Å². The average molecular weight is 90.1 g/mol. The predicted molar refractivity (Wildman–Crippen MR) is 18.8 cm³/mol. The number of hydrogen-bond acceptors (Lipinski definition) is 2. The summed E-state index contributed by atoms with van der Waals surface area (Å²) < 4.78 is 0. The fraction of sp³-hybridized carbons (Fsp3) is 1.00. The van der Waals surface area contributed by atoms with Gasteiger partial charge in [0.05, 0.1) is 7.11 Å². The second-order valence-corrected chi connectivity index (χ2v) is 1.48. The van der Waals surface area contributed by atoms with Crippen LogP contribution in [0.1, 0.15) is 0 Å².